The van der Waals surface area contributed by atoms with Crippen LogP contribution in [0.15, 0.2) is 42.7 Å². The first-order chi connectivity index (χ1) is 15.5. The second-order valence-corrected chi connectivity index (χ2v) is 8.99. The lowest BCUT2D eigenvalue weighted by atomic mass is 10.2. The fraction of sp³-hybridized carbons (Fsp3) is 0.292. The number of rotatable bonds is 8. The number of hydrogen-bond acceptors (Lipinski definition) is 6. The second-order valence-electron chi connectivity index (χ2n) is 7.47. The van der Waals surface area contributed by atoms with E-state index in [1.165, 1.54) is 11.3 Å². The fourth-order valence-corrected chi connectivity index (χ4v) is 4.75. The minimum absolute atomic E-state index is 0.173. The molecule has 0 saturated carbocycles. The van der Waals surface area contributed by atoms with E-state index in [1.807, 2.05) is 37.5 Å². The molecule has 0 aliphatic heterocycles. The molecule has 0 atom stereocenters. The third-order valence-corrected chi connectivity index (χ3v) is 6.57. The topological polar surface area (TPSA) is 66.2 Å². The standard InChI is InChI=1S/C24H24ClN3O3S/c1-4-9-28-14-26-19-10-16(5-8-20(19)28)13-31-23(29)12-22-15(2)27-24(32-22)18-7-6-17(25)11-21(18)30-3/h5-8,10-11,14H,4,9,12-13H2,1-3H3. The molecule has 0 saturated heterocycles. The van der Waals surface area contributed by atoms with Crippen LogP contribution in [-0.2, 0) is 29.1 Å². The number of thiazole rings is 1. The number of aryl methyl sites for hydroxylation is 2. The number of aromatic nitrogens is 3. The highest BCUT2D eigenvalue weighted by molar-refractivity contribution is 7.15. The van der Waals surface area contributed by atoms with Crippen LogP contribution in [-0.4, -0.2) is 27.6 Å². The monoisotopic (exact) mass is 469 g/mol. The van der Waals surface area contributed by atoms with Gasteiger partial charge in [-0.05, 0) is 49.2 Å². The van der Waals surface area contributed by atoms with Crippen molar-refractivity contribution >= 4 is 39.9 Å². The van der Waals surface area contributed by atoms with Gasteiger partial charge in [0.1, 0.15) is 17.4 Å². The summed E-state index contributed by atoms with van der Waals surface area (Å²) in [6.45, 7) is 5.18. The molecular weight excluding hydrogens is 446 g/mol. The zero-order chi connectivity index (χ0) is 22.7. The van der Waals surface area contributed by atoms with E-state index in [2.05, 4.69) is 21.5 Å². The quantitative estimate of drug-likeness (QED) is 0.304. The third kappa shape index (κ3) is 4.79. The van der Waals surface area contributed by atoms with Crippen molar-refractivity contribution in [3.05, 3.63) is 63.9 Å². The van der Waals surface area contributed by atoms with Crippen LogP contribution in [0.1, 0.15) is 29.5 Å². The number of hydrogen-bond donors (Lipinski definition) is 0. The minimum Gasteiger partial charge on any atom is -0.496 e. The molecule has 32 heavy (non-hydrogen) atoms. The van der Waals surface area contributed by atoms with Gasteiger partial charge in [0.2, 0.25) is 0 Å². The predicted molar refractivity (Wildman–Crippen MR) is 127 cm³/mol. The van der Waals surface area contributed by atoms with E-state index in [4.69, 9.17) is 21.1 Å². The molecule has 0 unspecified atom stereocenters. The lowest BCUT2D eigenvalue weighted by molar-refractivity contribution is -0.144. The molecule has 0 fully saturated rings. The summed E-state index contributed by atoms with van der Waals surface area (Å²) in [6, 6.07) is 11.4. The maximum atomic E-state index is 12.5. The van der Waals surface area contributed by atoms with Crippen LogP contribution in [0, 0.1) is 6.92 Å². The van der Waals surface area contributed by atoms with Gasteiger partial charge in [0, 0.05) is 16.4 Å². The molecular formula is C24H24ClN3O3S. The summed E-state index contributed by atoms with van der Waals surface area (Å²) >= 11 is 7.52. The van der Waals surface area contributed by atoms with E-state index in [0.717, 1.165) is 50.7 Å². The highest BCUT2D eigenvalue weighted by Crippen LogP contribution is 2.36. The zero-order valence-corrected chi connectivity index (χ0v) is 19.8. The molecule has 0 N–H and O–H groups in total. The normalized spacial score (nSPS) is 11.1. The van der Waals surface area contributed by atoms with Gasteiger partial charge in [0.15, 0.2) is 0 Å². The van der Waals surface area contributed by atoms with Gasteiger partial charge in [0.05, 0.1) is 42.1 Å². The molecule has 8 heteroatoms. The number of fused-ring (bicyclic) bond motifs is 1. The van der Waals surface area contributed by atoms with Crippen LogP contribution in [0.5, 0.6) is 5.75 Å². The van der Waals surface area contributed by atoms with E-state index in [9.17, 15) is 4.79 Å². The molecule has 0 aliphatic rings. The molecule has 0 radical (unpaired) electrons. The van der Waals surface area contributed by atoms with E-state index >= 15 is 0 Å². The number of imidazole rings is 1. The lowest BCUT2D eigenvalue weighted by Crippen LogP contribution is -2.08. The summed E-state index contributed by atoms with van der Waals surface area (Å²) in [5.41, 5.74) is 4.57. The second kappa shape index (κ2) is 9.71. The number of esters is 1. The largest absolute Gasteiger partial charge is 0.496 e. The van der Waals surface area contributed by atoms with Gasteiger partial charge in [-0.1, -0.05) is 24.6 Å². The Bertz CT molecular complexity index is 1260. The van der Waals surface area contributed by atoms with Crippen LogP contribution in [0.4, 0.5) is 0 Å². The van der Waals surface area contributed by atoms with Crippen molar-refractivity contribution in [1.29, 1.82) is 0 Å². The van der Waals surface area contributed by atoms with Gasteiger partial charge in [-0.3, -0.25) is 4.79 Å². The van der Waals surface area contributed by atoms with Crippen molar-refractivity contribution in [1.82, 2.24) is 14.5 Å². The van der Waals surface area contributed by atoms with Crippen LogP contribution < -0.4 is 4.74 Å². The first kappa shape index (κ1) is 22.3. The van der Waals surface area contributed by atoms with Gasteiger partial charge < -0.3 is 14.0 Å². The Balaban J connectivity index is 1.42. The Morgan fingerprint density at radius 2 is 2.06 bits per heavy atom. The van der Waals surface area contributed by atoms with Crippen LogP contribution >= 0.6 is 22.9 Å². The number of ether oxygens (including phenoxy) is 2. The molecule has 0 aliphatic carbocycles. The Kier molecular flexibility index (Phi) is 6.77. The predicted octanol–water partition coefficient (Wildman–Crippen LogP) is 5.83. The van der Waals surface area contributed by atoms with Gasteiger partial charge in [-0.15, -0.1) is 11.3 Å². The Labute approximate surface area is 195 Å². The van der Waals surface area contributed by atoms with Crippen molar-refractivity contribution < 1.29 is 14.3 Å². The summed E-state index contributed by atoms with van der Waals surface area (Å²) in [5.74, 6) is 0.361. The molecule has 4 aromatic rings. The number of benzene rings is 2. The average molecular weight is 470 g/mol. The van der Waals surface area contributed by atoms with E-state index in [1.54, 1.807) is 19.2 Å². The molecule has 2 heterocycles. The summed E-state index contributed by atoms with van der Waals surface area (Å²) in [4.78, 5) is 22.4. The summed E-state index contributed by atoms with van der Waals surface area (Å²) in [6.07, 6.45) is 3.07. The number of carbonyl (C=O) groups excluding carboxylic acids is 1. The molecule has 2 aromatic heterocycles. The minimum atomic E-state index is -0.289. The van der Waals surface area contributed by atoms with Gasteiger partial charge in [-0.2, -0.15) is 0 Å². The van der Waals surface area contributed by atoms with Crippen LogP contribution in [0.25, 0.3) is 21.6 Å². The van der Waals surface area contributed by atoms with Crippen molar-refractivity contribution in [2.24, 2.45) is 0 Å². The maximum absolute atomic E-state index is 12.5. The Morgan fingerprint density at radius 1 is 1.22 bits per heavy atom. The number of nitrogens with zero attached hydrogens (tertiary/aromatic N) is 3. The first-order valence-electron chi connectivity index (χ1n) is 10.4. The van der Waals surface area contributed by atoms with Crippen molar-refractivity contribution in [3.8, 4) is 16.3 Å². The van der Waals surface area contributed by atoms with Crippen LogP contribution in [0.3, 0.4) is 0 Å². The number of carbonyl (C=O) groups is 1. The number of methoxy groups -OCH3 is 1. The third-order valence-electron chi connectivity index (χ3n) is 5.14. The molecule has 0 spiro atoms. The smallest absolute Gasteiger partial charge is 0.311 e. The van der Waals surface area contributed by atoms with Gasteiger partial charge in [0.25, 0.3) is 0 Å². The molecule has 166 valence electrons. The Hall–Kier alpha value is -2.90. The van der Waals surface area contributed by atoms with Crippen molar-refractivity contribution in [3.63, 3.8) is 0 Å². The summed E-state index contributed by atoms with van der Waals surface area (Å²) in [5, 5.41) is 1.38. The zero-order valence-electron chi connectivity index (χ0n) is 18.2. The lowest BCUT2D eigenvalue weighted by Gasteiger charge is -2.06. The molecule has 0 bridgehead atoms. The van der Waals surface area contributed by atoms with E-state index < -0.39 is 0 Å². The Morgan fingerprint density at radius 3 is 2.84 bits per heavy atom. The van der Waals surface area contributed by atoms with Gasteiger partial charge in [-0.25, -0.2) is 9.97 Å². The first-order valence-corrected chi connectivity index (χ1v) is 11.6. The molecule has 0 amide bonds. The summed E-state index contributed by atoms with van der Waals surface area (Å²) in [7, 11) is 1.60. The van der Waals surface area contributed by atoms with E-state index in [0.29, 0.717) is 10.8 Å². The summed E-state index contributed by atoms with van der Waals surface area (Å²) < 4.78 is 13.1. The van der Waals surface area contributed by atoms with Crippen LogP contribution in [0.2, 0.25) is 5.02 Å². The van der Waals surface area contributed by atoms with Gasteiger partial charge >= 0.3 is 5.97 Å². The average Bonchev–Trinajstić information content (AvgIpc) is 3.35. The highest BCUT2D eigenvalue weighted by atomic mass is 35.5. The molecule has 4 rings (SSSR count). The fourth-order valence-electron chi connectivity index (χ4n) is 3.51. The van der Waals surface area contributed by atoms with Crippen molar-refractivity contribution in [2.45, 2.75) is 39.8 Å². The van der Waals surface area contributed by atoms with Crippen molar-refractivity contribution in [2.75, 3.05) is 7.11 Å². The maximum Gasteiger partial charge on any atom is 0.311 e. The molecule has 6 nitrogen and oxygen atoms in total. The SMILES string of the molecule is CCCn1cnc2cc(COC(=O)Cc3sc(-c4ccc(Cl)cc4OC)nc3C)ccc21. The molecule has 2 aromatic carbocycles. The number of halogens is 1. The van der Waals surface area contributed by atoms with E-state index in [-0.39, 0.29) is 19.0 Å². The highest BCUT2D eigenvalue weighted by Gasteiger charge is 2.17.